The van der Waals surface area contributed by atoms with Crippen molar-refractivity contribution in [2.75, 3.05) is 39.8 Å². The molecular weight excluding hydrogens is 657 g/mol. The van der Waals surface area contributed by atoms with Crippen LogP contribution in [0.3, 0.4) is 0 Å². The summed E-state index contributed by atoms with van der Waals surface area (Å²) in [6, 6.07) is 12.8. The van der Waals surface area contributed by atoms with Crippen LogP contribution in [0.5, 0.6) is 11.5 Å². The summed E-state index contributed by atoms with van der Waals surface area (Å²) in [5.74, 6) is 0.459. The molecule has 43 heavy (non-hydrogen) atoms. The maximum absolute atomic E-state index is 14.0. The van der Waals surface area contributed by atoms with Crippen molar-refractivity contribution in [1.29, 1.82) is 0 Å². The Kier molecular flexibility index (Phi) is 11.9. The minimum atomic E-state index is -0.597. The van der Waals surface area contributed by atoms with Crippen LogP contribution >= 0.6 is 0 Å². The van der Waals surface area contributed by atoms with Crippen LogP contribution in [0.15, 0.2) is 42.5 Å². The topological polar surface area (TPSA) is 93.7 Å². The molecular formula is C34H46IN3O5. The quantitative estimate of drug-likeness (QED) is 0.250. The Balaban J connectivity index is 0.00000423. The number of amides is 2. The molecule has 1 saturated carbocycles. The Labute approximate surface area is 272 Å². The molecule has 1 aliphatic carbocycles. The minimum Gasteiger partial charge on any atom is -1.00 e. The predicted molar refractivity (Wildman–Crippen MR) is 162 cm³/mol. The molecule has 1 unspecified atom stereocenters. The van der Waals surface area contributed by atoms with Crippen molar-refractivity contribution in [2.45, 2.75) is 76.7 Å². The molecule has 2 amide bonds. The molecule has 2 aliphatic heterocycles. The molecule has 0 aromatic heterocycles. The number of para-hydroxylation sites is 1. The second-order valence-electron chi connectivity index (χ2n) is 12.6. The number of carbonyl (C=O) groups excluding carboxylic acids is 3. The van der Waals surface area contributed by atoms with E-state index in [0.717, 1.165) is 41.9 Å². The normalized spacial score (nSPS) is 23.6. The monoisotopic (exact) mass is 703 g/mol. The number of esters is 1. The zero-order valence-electron chi connectivity index (χ0n) is 25.5. The van der Waals surface area contributed by atoms with Crippen LogP contribution < -0.4 is 39.3 Å². The molecule has 2 aromatic rings. The molecule has 8 nitrogen and oxygen atoms in total. The predicted octanol–water partition coefficient (Wildman–Crippen LogP) is 2.31. The highest BCUT2D eigenvalue weighted by Crippen LogP contribution is 2.44. The Morgan fingerprint density at radius 1 is 0.907 bits per heavy atom. The number of hydrogen-bond acceptors (Lipinski definition) is 5. The number of nitrogens with zero attached hydrogens (tertiary/aromatic N) is 1. The zero-order chi connectivity index (χ0) is 29.5. The number of ether oxygens (including phenoxy) is 2. The van der Waals surface area contributed by atoms with E-state index in [4.69, 9.17) is 9.47 Å². The molecule has 2 N–H and O–H groups in total. The maximum Gasteiger partial charge on any atom is 0.325 e. The molecule has 9 heteroatoms. The van der Waals surface area contributed by atoms with Crippen molar-refractivity contribution in [3.63, 3.8) is 0 Å². The number of nitrogens with one attached hydrogen (secondary N) is 2. The van der Waals surface area contributed by atoms with Gasteiger partial charge in [0.05, 0.1) is 39.2 Å². The van der Waals surface area contributed by atoms with Crippen molar-refractivity contribution < 1.29 is 52.3 Å². The fourth-order valence-electron chi connectivity index (χ4n) is 7.00. The lowest BCUT2D eigenvalue weighted by atomic mass is 9.85. The van der Waals surface area contributed by atoms with Gasteiger partial charge in [-0.15, -0.1) is 0 Å². The van der Waals surface area contributed by atoms with Crippen LogP contribution in [-0.2, 0) is 14.3 Å². The average Bonchev–Trinajstić information content (AvgIpc) is 2.97. The van der Waals surface area contributed by atoms with Crippen molar-refractivity contribution >= 4 is 17.8 Å². The molecule has 0 bridgehead atoms. The number of fused-ring (bicyclic) bond motifs is 2. The van der Waals surface area contributed by atoms with E-state index in [1.54, 1.807) is 25.1 Å². The highest BCUT2D eigenvalue weighted by atomic mass is 127. The second-order valence-corrected chi connectivity index (χ2v) is 12.6. The van der Waals surface area contributed by atoms with Crippen molar-refractivity contribution in [1.82, 2.24) is 10.6 Å². The minimum absolute atomic E-state index is 0. The summed E-state index contributed by atoms with van der Waals surface area (Å²) in [7, 11) is 2.40. The highest BCUT2D eigenvalue weighted by molar-refractivity contribution is 5.97. The molecule has 3 aliphatic rings. The molecule has 2 aromatic carbocycles. The lowest BCUT2D eigenvalue weighted by Gasteiger charge is -2.43. The molecule has 0 spiro atoms. The van der Waals surface area contributed by atoms with Gasteiger partial charge in [0.2, 0.25) is 5.91 Å². The van der Waals surface area contributed by atoms with Crippen molar-refractivity contribution in [3.8, 4) is 11.5 Å². The number of rotatable bonds is 8. The van der Waals surface area contributed by atoms with Gasteiger partial charge in [0.15, 0.2) is 0 Å². The summed E-state index contributed by atoms with van der Waals surface area (Å²) in [4.78, 5) is 38.6. The molecule has 1 saturated heterocycles. The second kappa shape index (κ2) is 15.4. The fourth-order valence-corrected chi connectivity index (χ4v) is 7.00. The lowest BCUT2D eigenvalue weighted by Crippen LogP contribution is -3.00. The van der Waals surface area contributed by atoms with E-state index in [2.05, 4.69) is 17.7 Å². The summed E-state index contributed by atoms with van der Waals surface area (Å²) < 4.78 is 12.2. The maximum atomic E-state index is 14.0. The van der Waals surface area contributed by atoms with E-state index in [0.29, 0.717) is 22.6 Å². The van der Waals surface area contributed by atoms with Gasteiger partial charge in [-0.1, -0.05) is 50.3 Å². The summed E-state index contributed by atoms with van der Waals surface area (Å²) in [6.07, 6.45) is 11.5. The van der Waals surface area contributed by atoms with Gasteiger partial charge in [-0.05, 0) is 44.0 Å². The molecule has 2 heterocycles. The summed E-state index contributed by atoms with van der Waals surface area (Å²) in [6.45, 7) is 5.16. The van der Waals surface area contributed by atoms with Crippen LogP contribution in [0.25, 0.3) is 0 Å². The van der Waals surface area contributed by atoms with Gasteiger partial charge in [0, 0.05) is 41.5 Å². The van der Waals surface area contributed by atoms with Gasteiger partial charge in [0.1, 0.15) is 18.0 Å². The average molecular weight is 704 g/mol. The first-order valence-electron chi connectivity index (χ1n) is 15.8. The van der Waals surface area contributed by atoms with E-state index < -0.39 is 17.8 Å². The molecule has 2 fully saturated rings. The van der Waals surface area contributed by atoms with Crippen molar-refractivity contribution in [3.05, 3.63) is 59.2 Å². The number of benzene rings is 2. The highest BCUT2D eigenvalue weighted by Gasteiger charge is 2.37. The van der Waals surface area contributed by atoms with E-state index in [-0.39, 0.29) is 49.1 Å². The Morgan fingerprint density at radius 2 is 1.58 bits per heavy atom. The fraction of sp³-hybridized carbons (Fsp3) is 0.559. The molecule has 234 valence electrons. The number of hydrogen-bond donors (Lipinski definition) is 2. The first-order valence-corrected chi connectivity index (χ1v) is 15.8. The SMILES string of the molecule is CCOC(=O)CNC(=O)c1ccc2c(c1)C(C(=O)NC1CC[N+](C)(CC3CCCCCCC3)CC1)c1ccccc1O2.[I-]. The smallest absolute Gasteiger partial charge is 0.325 e. The lowest BCUT2D eigenvalue weighted by molar-refractivity contribution is -0.917. The van der Waals surface area contributed by atoms with E-state index in [9.17, 15) is 14.4 Å². The third kappa shape index (κ3) is 8.50. The Morgan fingerprint density at radius 3 is 2.30 bits per heavy atom. The standard InChI is InChI=1S/C34H45N3O5.HI/c1-3-41-31(38)22-35-33(39)25-15-16-30-28(21-25)32(27-13-9-10-14-29(27)42-30)34(40)36-26-17-19-37(2,20-18-26)23-24-11-7-5-4-6-8-12-24;/h9-10,13-16,21,24,26,32H,3-8,11-12,17-20,22-23H2,1-2H3,(H-,35,36,39,40);1H. The van der Waals surface area contributed by atoms with E-state index in [1.807, 2.05) is 24.3 Å². The van der Waals surface area contributed by atoms with Gasteiger partial charge >= 0.3 is 5.97 Å². The summed E-state index contributed by atoms with van der Waals surface area (Å²) >= 11 is 0. The van der Waals surface area contributed by atoms with Crippen molar-refractivity contribution in [2.24, 2.45) is 5.92 Å². The number of quaternary nitrogens is 1. The summed E-state index contributed by atoms with van der Waals surface area (Å²) in [5, 5.41) is 5.97. The Hall–Kier alpha value is -2.66. The third-order valence-corrected chi connectivity index (χ3v) is 9.30. The summed E-state index contributed by atoms with van der Waals surface area (Å²) in [5.41, 5.74) is 1.79. The van der Waals surface area contributed by atoms with E-state index in [1.165, 1.54) is 51.5 Å². The first kappa shape index (κ1) is 33.2. The van der Waals surface area contributed by atoms with Gasteiger partial charge in [-0.25, -0.2) is 0 Å². The van der Waals surface area contributed by atoms with Gasteiger partial charge in [-0.3, -0.25) is 14.4 Å². The van der Waals surface area contributed by atoms with Gasteiger partial charge in [-0.2, -0.15) is 0 Å². The van der Waals surface area contributed by atoms with E-state index >= 15 is 0 Å². The number of halogens is 1. The van der Waals surface area contributed by atoms with Crippen LogP contribution in [0, 0.1) is 5.92 Å². The molecule has 1 atom stereocenters. The van der Waals surface area contributed by atoms with Gasteiger partial charge < -0.3 is 48.6 Å². The number of carbonyl (C=O) groups is 3. The first-order chi connectivity index (χ1) is 20.3. The van der Waals surface area contributed by atoms with Crippen LogP contribution in [0.4, 0.5) is 0 Å². The van der Waals surface area contributed by atoms with Crippen LogP contribution in [-0.4, -0.2) is 68.1 Å². The number of likely N-dealkylation sites (tertiary alicyclic amines) is 1. The Bertz CT molecular complexity index is 1270. The molecule has 0 radical (unpaired) electrons. The van der Waals surface area contributed by atoms with Crippen LogP contribution in [0.2, 0.25) is 0 Å². The van der Waals surface area contributed by atoms with Gasteiger partial charge in [0.25, 0.3) is 5.91 Å². The number of piperidine rings is 1. The van der Waals surface area contributed by atoms with Crippen LogP contribution in [0.1, 0.15) is 92.1 Å². The molecule has 5 rings (SSSR count). The third-order valence-electron chi connectivity index (χ3n) is 9.30. The largest absolute Gasteiger partial charge is 1.00 e. The zero-order valence-corrected chi connectivity index (χ0v) is 27.7.